The highest BCUT2D eigenvalue weighted by Gasteiger charge is 2.00. The van der Waals surface area contributed by atoms with Crippen LogP contribution in [0.4, 0.5) is 0 Å². The number of hydrogen-bond donors (Lipinski definition) is 1. The zero-order chi connectivity index (χ0) is 8.81. The molecule has 0 saturated heterocycles. The molecule has 0 aliphatic carbocycles. The van der Waals surface area contributed by atoms with Crippen molar-refractivity contribution in [3.63, 3.8) is 0 Å². The van der Waals surface area contributed by atoms with Gasteiger partial charge in [-0.2, -0.15) is 0 Å². The van der Waals surface area contributed by atoms with Crippen LogP contribution in [0, 0.1) is 0 Å². The second kappa shape index (κ2) is 4.48. The first-order valence-corrected chi connectivity index (χ1v) is 3.93. The molecule has 1 amide bonds. The fourth-order valence-electron chi connectivity index (χ4n) is 0.785. The van der Waals surface area contributed by atoms with Gasteiger partial charge in [0, 0.05) is 12.7 Å². The van der Waals surface area contributed by atoms with E-state index >= 15 is 0 Å². The highest BCUT2D eigenvalue weighted by atomic mass is 16.2. The van der Waals surface area contributed by atoms with Crippen molar-refractivity contribution in [2.45, 2.75) is 19.9 Å². The zero-order valence-electron chi connectivity index (χ0n) is 7.03. The largest absolute Gasteiger partial charge is 0.355 e. The van der Waals surface area contributed by atoms with Gasteiger partial charge in [-0.25, -0.2) is 4.68 Å². The van der Waals surface area contributed by atoms with Crippen LogP contribution >= 0.6 is 0 Å². The summed E-state index contributed by atoms with van der Waals surface area (Å²) >= 11 is 0. The van der Waals surface area contributed by atoms with Gasteiger partial charge >= 0.3 is 0 Å². The molecule has 0 atom stereocenters. The third-order valence-corrected chi connectivity index (χ3v) is 1.35. The Morgan fingerprint density at radius 3 is 3.08 bits per heavy atom. The normalized spacial score (nSPS) is 9.75. The molecular formula is C7H12N4O. The average molecular weight is 168 g/mol. The first-order valence-electron chi connectivity index (χ1n) is 3.93. The molecule has 0 saturated carbocycles. The van der Waals surface area contributed by atoms with Gasteiger partial charge in [0.25, 0.3) is 0 Å². The van der Waals surface area contributed by atoms with Crippen molar-refractivity contribution in [2.24, 2.45) is 0 Å². The predicted octanol–water partition coefficient (Wildman–Crippen LogP) is -0.196. The van der Waals surface area contributed by atoms with Crippen LogP contribution in [0.25, 0.3) is 0 Å². The van der Waals surface area contributed by atoms with Crippen molar-refractivity contribution < 1.29 is 4.79 Å². The molecule has 0 unspecified atom stereocenters. The number of carbonyl (C=O) groups is 1. The maximum absolute atomic E-state index is 11.1. The highest BCUT2D eigenvalue weighted by molar-refractivity contribution is 5.75. The van der Waals surface area contributed by atoms with E-state index in [0.717, 1.165) is 6.42 Å². The Bertz CT molecular complexity index is 232. The summed E-state index contributed by atoms with van der Waals surface area (Å²) in [5.74, 6) is -0.0256. The van der Waals surface area contributed by atoms with E-state index in [1.807, 2.05) is 6.92 Å². The first kappa shape index (κ1) is 8.70. The van der Waals surface area contributed by atoms with Crippen LogP contribution in [-0.4, -0.2) is 27.4 Å². The van der Waals surface area contributed by atoms with Crippen molar-refractivity contribution in [3.8, 4) is 0 Å². The summed E-state index contributed by atoms with van der Waals surface area (Å²) < 4.78 is 1.49. The molecule has 0 spiro atoms. The highest BCUT2D eigenvalue weighted by Crippen LogP contribution is 1.81. The molecule has 0 aliphatic heterocycles. The summed E-state index contributed by atoms with van der Waals surface area (Å²) in [5, 5.41) is 10.0. The van der Waals surface area contributed by atoms with Gasteiger partial charge in [-0.3, -0.25) is 4.79 Å². The van der Waals surface area contributed by atoms with E-state index in [4.69, 9.17) is 0 Å². The molecule has 0 fully saturated rings. The van der Waals surface area contributed by atoms with Gasteiger partial charge in [0.2, 0.25) is 5.91 Å². The van der Waals surface area contributed by atoms with E-state index in [1.54, 1.807) is 12.4 Å². The maximum Gasteiger partial charge on any atom is 0.241 e. The topological polar surface area (TPSA) is 59.8 Å². The van der Waals surface area contributed by atoms with Crippen LogP contribution in [0.2, 0.25) is 0 Å². The SMILES string of the molecule is CCCNC(=O)Cn1ccnn1. The lowest BCUT2D eigenvalue weighted by atomic mass is 10.4. The summed E-state index contributed by atoms with van der Waals surface area (Å²) in [5.41, 5.74) is 0. The van der Waals surface area contributed by atoms with Gasteiger partial charge in [-0.05, 0) is 6.42 Å². The molecule has 5 nitrogen and oxygen atoms in total. The Labute approximate surface area is 70.8 Å². The molecule has 5 heteroatoms. The third kappa shape index (κ3) is 2.69. The van der Waals surface area contributed by atoms with Crippen LogP contribution in [0.15, 0.2) is 12.4 Å². The Morgan fingerprint density at radius 2 is 2.50 bits per heavy atom. The molecule has 66 valence electrons. The van der Waals surface area contributed by atoms with Gasteiger partial charge < -0.3 is 5.32 Å². The first-order chi connectivity index (χ1) is 5.83. The molecule has 0 radical (unpaired) electrons. The van der Waals surface area contributed by atoms with Crippen LogP contribution in [0.3, 0.4) is 0 Å². The standard InChI is InChI=1S/C7H12N4O/c1-2-3-8-7(12)6-11-5-4-9-10-11/h4-5H,2-3,6H2,1H3,(H,8,12). The quantitative estimate of drug-likeness (QED) is 0.677. The molecule has 1 rings (SSSR count). The van der Waals surface area contributed by atoms with Crippen molar-refractivity contribution >= 4 is 5.91 Å². The van der Waals surface area contributed by atoms with E-state index in [1.165, 1.54) is 4.68 Å². The van der Waals surface area contributed by atoms with Crippen molar-refractivity contribution in [2.75, 3.05) is 6.54 Å². The number of rotatable bonds is 4. The van der Waals surface area contributed by atoms with Crippen LogP contribution < -0.4 is 5.32 Å². The molecule has 1 N–H and O–H groups in total. The van der Waals surface area contributed by atoms with Gasteiger partial charge in [0.1, 0.15) is 6.54 Å². The molecule has 1 heterocycles. The minimum Gasteiger partial charge on any atom is -0.355 e. The van der Waals surface area contributed by atoms with Crippen LogP contribution in [0.5, 0.6) is 0 Å². The Hall–Kier alpha value is -1.39. The van der Waals surface area contributed by atoms with E-state index < -0.39 is 0 Å². The summed E-state index contributed by atoms with van der Waals surface area (Å²) in [7, 11) is 0. The minimum atomic E-state index is -0.0256. The Morgan fingerprint density at radius 1 is 1.67 bits per heavy atom. The molecule has 1 aromatic rings. The van der Waals surface area contributed by atoms with E-state index in [9.17, 15) is 4.79 Å². The van der Waals surface area contributed by atoms with Crippen molar-refractivity contribution in [1.82, 2.24) is 20.3 Å². The average Bonchev–Trinajstić information content (AvgIpc) is 2.53. The van der Waals surface area contributed by atoms with Crippen molar-refractivity contribution in [1.29, 1.82) is 0 Å². The fourth-order valence-corrected chi connectivity index (χ4v) is 0.785. The smallest absolute Gasteiger partial charge is 0.241 e. The van der Waals surface area contributed by atoms with Gasteiger partial charge in [0.05, 0.1) is 6.20 Å². The zero-order valence-corrected chi connectivity index (χ0v) is 7.03. The number of nitrogens with one attached hydrogen (secondary N) is 1. The molecular weight excluding hydrogens is 156 g/mol. The van der Waals surface area contributed by atoms with E-state index in [-0.39, 0.29) is 12.5 Å². The lowest BCUT2D eigenvalue weighted by Gasteiger charge is -2.01. The lowest BCUT2D eigenvalue weighted by molar-refractivity contribution is -0.121. The molecule has 0 aliphatic rings. The summed E-state index contributed by atoms with van der Waals surface area (Å²) in [4.78, 5) is 11.1. The maximum atomic E-state index is 11.1. The van der Waals surface area contributed by atoms with Gasteiger partial charge in [-0.15, -0.1) is 5.10 Å². The number of nitrogens with zero attached hydrogens (tertiary/aromatic N) is 3. The number of aromatic nitrogens is 3. The second-order valence-corrected chi connectivity index (χ2v) is 2.45. The number of hydrogen-bond acceptors (Lipinski definition) is 3. The van der Waals surface area contributed by atoms with Gasteiger partial charge in [0.15, 0.2) is 0 Å². The van der Waals surface area contributed by atoms with Crippen LogP contribution in [-0.2, 0) is 11.3 Å². The van der Waals surface area contributed by atoms with Gasteiger partial charge in [-0.1, -0.05) is 12.1 Å². The Kier molecular flexibility index (Phi) is 3.25. The fraction of sp³-hybridized carbons (Fsp3) is 0.571. The predicted molar refractivity (Wildman–Crippen MR) is 43.3 cm³/mol. The summed E-state index contributed by atoms with van der Waals surface area (Å²) in [6.45, 7) is 2.98. The van der Waals surface area contributed by atoms with E-state index in [0.29, 0.717) is 6.54 Å². The summed E-state index contributed by atoms with van der Waals surface area (Å²) in [6.07, 6.45) is 4.15. The lowest BCUT2D eigenvalue weighted by Crippen LogP contribution is -2.28. The second-order valence-electron chi connectivity index (χ2n) is 2.45. The molecule has 12 heavy (non-hydrogen) atoms. The minimum absolute atomic E-state index is 0.0256. The Balaban J connectivity index is 2.27. The molecule has 1 aromatic heterocycles. The van der Waals surface area contributed by atoms with Crippen LogP contribution in [0.1, 0.15) is 13.3 Å². The third-order valence-electron chi connectivity index (χ3n) is 1.35. The molecule has 0 aromatic carbocycles. The number of amides is 1. The summed E-state index contributed by atoms with van der Waals surface area (Å²) in [6, 6.07) is 0. The number of carbonyl (C=O) groups excluding carboxylic acids is 1. The molecule has 0 bridgehead atoms. The monoisotopic (exact) mass is 168 g/mol. The van der Waals surface area contributed by atoms with E-state index in [2.05, 4.69) is 15.6 Å². The van der Waals surface area contributed by atoms with Crippen molar-refractivity contribution in [3.05, 3.63) is 12.4 Å².